The first-order valence-corrected chi connectivity index (χ1v) is 13.2. The lowest BCUT2D eigenvalue weighted by atomic mass is 9.82. The van der Waals surface area contributed by atoms with E-state index in [0.717, 1.165) is 26.7 Å². The number of hydrogen-bond donors (Lipinski definition) is 1. The summed E-state index contributed by atoms with van der Waals surface area (Å²) in [5, 5.41) is 8.99. The van der Waals surface area contributed by atoms with Gasteiger partial charge in [0, 0.05) is 42.6 Å². The first-order chi connectivity index (χ1) is 18.0. The van der Waals surface area contributed by atoms with Crippen molar-refractivity contribution in [2.75, 3.05) is 19.8 Å². The summed E-state index contributed by atoms with van der Waals surface area (Å²) in [5.74, 6) is 1.06. The average Bonchev–Trinajstić information content (AvgIpc) is 3.25. The van der Waals surface area contributed by atoms with E-state index in [1.165, 1.54) is 0 Å². The van der Waals surface area contributed by atoms with Gasteiger partial charge in [0.05, 0.1) is 6.61 Å². The van der Waals surface area contributed by atoms with E-state index in [4.69, 9.17) is 19.6 Å². The van der Waals surface area contributed by atoms with Gasteiger partial charge in [0.25, 0.3) is 5.91 Å². The molecule has 2 heterocycles. The second kappa shape index (κ2) is 10.9. The zero-order valence-corrected chi connectivity index (χ0v) is 22.1. The van der Waals surface area contributed by atoms with Crippen LogP contribution in [0.2, 0.25) is 0 Å². The molecule has 7 heteroatoms. The van der Waals surface area contributed by atoms with Gasteiger partial charge in [-0.05, 0) is 53.1 Å². The molecule has 0 radical (unpaired) electrons. The van der Waals surface area contributed by atoms with Crippen LogP contribution in [0.5, 0.6) is 5.75 Å². The lowest BCUT2D eigenvalue weighted by molar-refractivity contribution is -0.139. The Morgan fingerprint density at radius 1 is 1.11 bits per heavy atom. The molecular formula is C30H29BrN2O4. The molecule has 1 N–H and O–H groups in total. The lowest BCUT2D eigenvalue weighted by Gasteiger charge is -2.33. The summed E-state index contributed by atoms with van der Waals surface area (Å²) >= 11 is 3.51. The van der Waals surface area contributed by atoms with Gasteiger partial charge in [-0.3, -0.25) is 4.79 Å². The molecule has 0 aliphatic carbocycles. The van der Waals surface area contributed by atoms with Crippen LogP contribution in [0.1, 0.15) is 34.8 Å². The van der Waals surface area contributed by atoms with E-state index in [1.807, 2.05) is 65.6 Å². The summed E-state index contributed by atoms with van der Waals surface area (Å²) in [7, 11) is 0. The summed E-state index contributed by atoms with van der Waals surface area (Å²) in [4.78, 5) is 21.2. The largest absolute Gasteiger partial charge is 0.494 e. The van der Waals surface area contributed by atoms with Crippen LogP contribution in [-0.2, 0) is 22.5 Å². The van der Waals surface area contributed by atoms with Gasteiger partial charge < -0.3 is 19.5 Å². The zero-order valence-electron chi connectivity index (χ0n) is 20.5. The molecule has 0 saturated carbocycles. The maximum absolute atomic E-state index is 14.3. The predicted octanol–water partition coefficient (Wildman–Crippen LogP) is 5.24. The smallest absolute Gasteiger partial charge is 0.255 e. The number of halogens is 1. The van der Waals surface area contributed by atoms with E-state index in [2.05, 4.69) is 34.6 Å². The number of nitrogens with zero attached hydrogens (tertiary/aromatic N) is 2. The van der Waals surface area contributed by atoms with Crippen molar-refractivity contribution in [3.8, 4) is 5.75 Å². The first kappa shape index (κ1) is 25.2. The highest BCUT2D eigenvalue weighted by molar-refractivity contribution is 9.10. The van der Waals surface area contributed by atoms with Crippen LogP contribution < -0.4 is 4.74 Å². The van der Waals surface area contributed by atoms with Gasteiger partial charge in [0.2, 0.25) is 5.90 Å². The highest BCUT2D eigenvalue weighted by Crippen LogP contribution is 2.45. The quantitative estimate of drug-likeness (QED) is 0.302. The van der Waals surface area contributed by atoms with Crippen LogP contribution in [-0.4, -0.2) is 47.1 Å². The van der Waals surface area contributed by atoms with Crippen LogP contribution in [0.3, 0.4) is 0 Å². The Bertz CT molecular complexity index is 1310. The van der Waals surface area contributed by atoms with Crippen LogP contribution in [0, 0.1) is 0 Å². The Hall–Kier alpha value is -3.42. The van der Waals surface area contributed by atoms with Crippen LogP contribution in [0.15, 0.2) is 94.9 Å². The Morgan fingerprint density at radius 3 is 2.54 bits per heavy atom. The number of aliphatic hydroxyl groups is 1. The molecule has 0 unspecified atom stereocenters. The monoisotopic (exact) mass is 560 g/mol. The summed E-state index contributed by atoms with van der Waals surface area (Å²) in [6, 6.07) is 23.5. The molecule has 2 atom stereocenters. The zero-order chi connectivity index (χ0) is 25.8. The minimum Gasteiger partial charge on any atom is -0.494 e. The van der Waals surface area contributed by atoms with Gasteiger partial charge in [-0.2, -0.15) is 0 Å². The molecule has 37 heavy (non-hydrogen) atoms. The molecule has 0 bridgehead atoms. The number of carbonyl (C=O) groups is 1. The van der Waals surface area contributed by atoms with Crippen molar-refractivity contribution in [3.05, 3.63) is 112 Å². The molecule has 0 aromatic heterocycles. The van der Waals surface area contributed by atoms with Gasteiger partial charge >= 0.3 is 0 Å². The third kappa shape index (κ3) is 5.06. The minimum atomic E-state index is -1.16. The topological polar surface area (TPSA) is 71.4 Å². The second-order valence-corrected chi connectivity index (χ2v) is 10.2. The van der Waals surface area contributed by atoms with Crippen molar-refractivity contribution in [1.29, 1.82) is 0 Å². The molecule has 2 aliphatic rings. The molecule has 3 aromatic rings. The highest BCUT2D eigenvalue weighted by atomic mass is 79.9. The Kier molecular flexibility index (Phi) is 7.44. The van der Waals surface area contributed by atoms with Gasteiger partial charge in [-0.15, -0.1) is 6.58 Å². The fourth-order valence-electron chi connectivity index (χ4n) is 4.93. The van der Waals surface area contributed by atoms with Gasteiger partial charge in [0.15, 0.2) is 11.6 Å². The van der Waals surface area contributed by atoms with E-state index in [-0.39, 0.29) is 12.5 Å². The van der Waals surface area contributed by atoms with Crippen molar-refractivity contribution in [2.24, 2.45) is 4.99 Å². The summed E-state index contributed by atoms with van der Waals surface area (Å²) < 4.78 is 13.2. The lowest BCUT2D eigenvalue weighted by Crippen LogP contribution is -2.50. The first-order valence-electron chi connectivity index (χ1n) is 12.4. The molecule has 2 aliphatic heterocycles. The molecule has 5 rings (SSSR count). The van der Waals surface area contributed by atoms with Crippen LogP contribution >= 0.6 is 15.9 Å². The van der Waals surface area contributed by atoms with Crippen molar-refractivity contribution in [2.45, 2.75) is 31.0 Å². The fraction of sp³-hybridized carbons (Fsp3) is 0.267. The molecular weight excluding hydrogens is 532 g/mol. The van der Waals surface area contributed by atoms with E-state index in [0.29, 0.717) is 44.2 Å². The standard InChI is InChI=1S/C30H29BrN2O4/c1-2-16-33-20-24-7-4-3-6-23(24)19-30(29(33)35)27(21-8-12-25(31)13-9-21)37-28(32-30)22-10-14-26(15-11-22)36-18-5-17-34/h2-4,6-15,27,34H,1,5,16-20H2/t27-,30-/m0/s1. The van der Waals surface area contributed by atoms with E-state index in [1.54, 1.807) is 6.08 Å². The molecule has 190 valence electrons. The minimum absolute atomic E-state index is 0.0736. The predicted molar refractivity (Wildman–Crippen MR) is 147 cm³/mol. The normalized spacial score (nSPS) is 20.7. The van der Waals surface area contributed by atoms with Gasteiger partial charge in [-0.25, -0.2) is 4.99 Å². The number of rotatable bonds is 8. The van der Waals surface area contributed by atoms with Gasteiger partial charge in [-0.1, -0.05) is 58.4 Å². The fourth-order valence-corrected chi connectivity index (χ4v) is 5.20. The number of carbonyl (C=O) groups excluding carboxylic acids is 1. The van der Waals surface area contributed by atoms with Crippen molar-refractivity contribution in [3.63, 3.8) is 0 Å². The molecule has 0 fully saturated rings. The van der Waals surface area contributed by atoms with Crippen molar-refractivity contribution >= 4 is 27.7 Å². The van der Waals surface area contributed by atoms with Crippen LogP contribution in [0.4, 0.5) is 0 Å². The molecule has 0 saturated heterocycles. The molecule has 6 nitrogen and oxygen atoms in total. The number of benzene rings is 3. The highest BCUT2D eigenvalue weighted by Gasteiger charge is 2.55. The number of aliphatic hydroxyl groups excluding tert-OH is 1. The van der Waals surface area contributed by atoms with Crippen LogP contribution in [0.25, 0.3) is 0 Å². The maximum Gasteiger partial charge on any atom is 0.255 e. The molecule has 1 spiro atoms. The Labute approximate surface area is 225 Å². The number of fused-ring (bicyclic) bond motifs is 1. The number of ether oxygens (including phenoxy) is 2. The van der Waals surface area contributed by atoms with Crippen molar-refractivity contribution < 1.29 is 19.4 Å². The van der Waals surface area contributed by atoms with E-state index in [9.17, 15) is 4.79 Å². The van der Waals surface area contributed by atoms with E-state index < -0.39 is 11.6 Å². The average molecular weight is 561 g/mol. The SMILES string of the molecule is C=CCN1Cc2ccccc2C[C@@]2(N=C(c3ccc(OCCCO)cc3)O[C@H]2c2ccc(Br)cc2)C1=O. The number of amides is 1. The summed E-state index contributed by atoms with van der Waals surface area (Å²) in [5.41, 5.74) is 2.70. The second-order valence-electron chi connectivity index (χ2n) is 9.26. The van der Waals surface area contributed by atoms with E-state index >= 15 is 0 Å². The maximum atomic E-state index is 14.3. The summed E-state index contributed by atoms with van der Waals surface area (Å²) in [6.07, 6.45) is 2.16. The molecule has 3 aromatic carbocycles. The Balaban J connectivity index is 1.59. The third-order valence-electron chi connectivity index (χ3n) is 6.76. The Morgan fingerprint density at radius 2 is 1.84 bits per heavy atom. The number of hydrogen-bond acceptors (Lipinski definition) is 5. The number of aliphatic imine (C=N–C) groups is 1. The molecule has 1 amide bonds. The van der Waals surface area contributed by atoms with Gasteiger partial charge in [0.1, 0.15) is 5.75 Å². The third-order valence-corrected chi connectivity index (χ3v) is 7.28. The van der Waals surface area contributed by atoms with Crippen molar-refractivity contribution in [1.82, 2.24) is 4.90 Å². The summed E-state index contributed by atoms with van der Waals surface area (Å²) in [6.45, 7) is 5.33.